The number of benzene rings is 4. The van der Waals surface area contributed by atoms with Crippen molar-refractivity contribution in [3.63, 3.8) is 0 Å². The van der Waals surface area contributed by atoms with Crippen molar-refractivity contribution >= 4 is 39.9 Å². The molecular formula is C31H30ClN2O3PS. The monoisotopic (exact) mass is 576 g/mol. The van der Waals surface area contributed by atoms with Crippen LogP contribution in [0.25, 0.3) is 0 Å². The summed E-state index contributed by atoms with van der Waals surface area (Å²) in [5.41, 5.74) is 3.67. The molecule has 0 N–H and O–H groups in total. The molecule has 8 heteroatoms. The third-order valence-corrected chi connectivity index (χ3v) is 12.0. The fourth-order valence-electron chi connectivity index (χ4n) is 4.85. The van der Waals surface area contributed by atoms with Crippen molar-refractivity contribution in [2.24, 2.45) is 4.15 Å². The highest BCUT2D eigenvalue weighted by molar-refractivity contribution is 7.95. The lowest BCUT2D eigenvalue weighted by Crippen LogP contribution is -2.24. The van der Waals surface area contributed by atoms with E-state index < -0.39 is 22.7 Å². The highest BCUT2D eigenvalue weighted by Gasteiger charge is 2.41. The Morgan fingerprint density at radius 1 is 0.872 bits per heavy atom. The van der Waals surface area contributed by atoms with Crippen molar-refractivity contribution in [2.75, 3.05) is 11.9 Å². The number of aryl methyl sites for hydroxylation is 1. The van der Waals surface area contributed by atoms with Crippen molar-refractivity contribution in [1.82, 2.24) is 0 Å². The number of halogens is 1. The molecule has 0 radical (unpaired) electrons. The molecular weight excluding hydrogens is 547 g/mol. The van der Waals surface area contributed by atoms with E-state index >= 15 is 0 Å². The maximum absolute atomic E-state index is 13.9. The maximum Gasteiger partial charge on any atom is 0.284 e. The lowest BCUT2D eigenvalue weighted by atomic mass is 9.84. The van der Waals surface area contributed by atoms with Crippen molar-refractivity contribution in [1.29, 1.82) is 0 Å². The van der Waals surface area contributed by atoms with Crippen LogP contribution in [0.15, 0.2) is 124 Å². The molecule has 5 nitrogen and oxygen atoms in total. The van der Waals surface area contributed by atoms with E-state index in [4.69, 9.17) is 16.1 Å². The average Bonchev–Trinajstić information content (AvgIpc) is 3.11. The van der Waals surface area contributed by atoms with Crippen LogP contribution in [-0.2, 0) is 15.4 Å². The predicted octanol–water partition coefficient (Wildman–Crippen LogP) is 8.13. The Morgan fingerprint density at radius 2 is 1.49 bits per heavy atom. The molecule has 1 unspecified atom stereocenters. The van der Waals surface area contributed by atoms with Gasteiger partial charge < -0.3 is 9.42 Å². The zero-order valence-electron chi connectivity index (χ0n) is 22.2. The molecule has 0 spiro atoms. The summed E-state index contributed by atoms with van der Waals surface area (Å²) < 4.78 is 39.3. The molecule has 0 bridgehead atoms. The third-order valence-electron chi connectivity index (χ3n) is 6.97. The number of likely N-dealkylation sites (N-methyl/N-ethyl adjacent to an activating group) is 1. The number of hydrogen-bond acceptors (Lipinski definition) is 4. The van der Waals surface area contributed by atoms with Crippen LogP contribution in [-0.4, -0.2) is 15.5 Å². The molecule has 0 saturated heterocycles. The molecule has 0 aliphatic carbocycles. The molecule has 1 atom stereocenters. The van der Waals surface area contributed by atoms with Crippen LogP contribution in [0, 0.1) is 6.92 Å². The number of nitrogens with zero attached hydrogens (tertiary/aromatic N) is 2. The summed E-state index contributed by atoms with van der Waals surface area (Å²) in [7, 11) is -5.51. The van der Waals surface area contributed by atoms with Crippen LogP contribution < -0.4 is 14.7 Å². The zero-order valence-corrected chi connectivity index (χ0v) is 24.7. The fourth-order valence-corrected chi connectivity index (χ4v) is 9.99. The largest absolute Gasteiger partial charge is 0.451 e. The number of anilines is 1. The summed E-state index contributed by atoms with van der Waals surface area (Å²) in [5, 5.41) is 1.24. The van der Waals surface area contributed by atoms with E-state index in [0.29, 0.717) is 16.1 Å². The topological polar surface area (TPSA) is 59.0 Å². The Bertz CT molecular complexity index is 1700. The van der Waals surface area contributed by atoms with E-state index in [9.17, 15) is 8.42 Å². The lowest BCUT2D eigenvalue weighted by molar-refractivity contribution is 0.593. The first-order valence-electron chi connectivity index (χ1n) is 12.5. The van der Waals surface area contributed by atoms with Gasteiger partial charge in [0.05, 0.1) is 4.90 Å². The van der Waals surface area contributed by atoms with Crippen molar-refractivity contribution < 1.29 is 12.9 Å². The lowest BCUT2D eigenvalue weighted by Gasteiger charge is -2.29. The third kappa shape index (κ3) is 5.29. The molecule has 0 amide bonds. The van der Waals surface area contributed by atoms with E-state index in [1.807, 2.05) is 62.3 Å². The summed E-state index contributed by atoms with van der Waals surface area (Å²) in [6, 6.07) is 31.2. The van der Waals surface area contributed by atoms with Crippen molar-refractivity contribution in [3.8, 4) is 5.75 Å². The normalized spacial score (nSPS) is 16.9. The molecule has 0 saturated carbocycles. The summed E-state index contributed by atoms with van der Waals surface area (Å²) >= 11 is 6.16. The van der Waals surface area contributed by atoms with Gasteiger partial charge in [0.1, 0.15) is 5.75 Å². The average molecular weight is 577 g/mol. The Kier molecular flexibility index (Phi) is 7.23. The molecule has 4 aromatic carbocycles. The number of sulfonamides is 1. The van der Waals surface area contributed by atoms with Crippen molar-refractivity contribution in [2.45, 2.75) is 31.1 Å². The van der Waals surface area contributed by atoms with Gasteiger partial charge in [0, 0.05) is 40.0 Å². The van der Waals surface area contributed by atoms with Crippen LogP contribution in [0.5, 0.6) is 5.75 Å². The standard InChI is InChI=1S/C31H30ClN2O3PS/c1-23-14-20-27(21-15-23)39(35,36)33-38(26-10-6-5-7-11-26,37-25-18-16-24(32)17-19-25)22-30-31(2,3)28-12-8-9-13-29(28)34(30)4/h5-22H,1-4H3/b30-22+. The number of hydrogen-bond donors (Lipinski definition) is 0. The minimum atomic E-state index is -4.11. The number of fused-ring (bicyclic) bond motifs is 1. The van der Waals surface area contributed by atoms with Gasteiger partial charge in [0.2, 0.25) is 7.28 Å². The molecule has 0 aromatic heterocycles. The van der Waals surface area contributed by atoms with Gasteiger partial charge in [-0.2, -0.15) is 8.42 Å². The first kappa shape index (κ1) is 27.3. The smallest absolute Gasteiger partial charge is 0.284 e. The molecule has 200 valence electrons. The Hall–Kier alpha value is -3.31. The van der Waals surface area contributed by atoms with Gasteiger partial charge in [-0.25, -0.2) is 0 Å². The van der Waals surface area contributed by atoms with Crippen LogP contribution >= 0.6 is 18.9 Å². The van der Waals surface area contributed by atoms with E-state index in [-0.39, 0.29) is 4.90 Å². The van der Waals surface area contributed by atoms with Gasteiger partial charge in [-0.15, -0.1) is 4.15 Å². The minimum Gasteiger partial charge on any atom is -0.451 e. The fraction of sp³-hybridized carbons (Fsp3) is 0.161. The highest BCUT2D eigenvalue weighted by atomic mass is 35.5. The predicted molar refractivity (Wildman–Crippen MR) is 162 cm³/mol. The van der Waals surface area contributed by atoms with E-state index in [1.165, 1.54) is 0 Å². The first-order chi connectivity index (χ1) is 18.5. The molecule has 39 heavy (non-hydrogen) atoms. The molecule has 1 aliphatic heterocycles. The summed E-state index contributed by atoms with van der Waals surface area (Å²) in [5.74, 6) is 2.43. The van der Waals surface area contributed by atoms with Crippen LogP contribution in [0.1, 0.15) is 25.0 Å². The second-order valence-corrected chi connectivity index (χ2v) is 14.8. The second kappa shape index (κ2) is 10.3. The van der Waals surface area contributed by atoms with Gasteiger partial charge >= 0.3 is 0 Å². The van der Waals surface area contributed by atoms with E-state index in [1.54, 1.807) is 48.5 Å². The summed E-state index contributed by atoms with van der Waals surface area (Å²) in [6.07, 6.45) is 0. The maximum atomic E-state index is 13.9. The SMILES string of the molecule is Cc1ccc(S(=O)(=O)N=P(/C=C2/N(C)c3ccccc3C2(C)C)(Oc2ccc(Cl)cc2)c2ccccc2)cc1. The van der Waals surface area contributed by atoms with Crippen LogP contribution in [0.2, 0.25) is 5.02 Å². The van der Waals surface area contributed by atoms with E-state index in [2.05, 4.69) is 35.0 Å². The quantitative estimate of drug-likeness (QED) is 0.217. The number of rotatable bonds is 6. The van der Waals surface area contributed by atoms with Crippen LogP contribution in [0.4, 0.5) is 5.69 Å². The molecule has 5 rings (SSSR count). The van der Waals surface area contributed by atoms with Gasteiger partial charge in [-0.1, -0.05) is 79.5 Å². The highest BCUT2D eigenvalue weighted by Crippen LogP contribution is 2.58. The molecule has 0 fully saturated rings. The van der Waals surface area contributed by atoms with Crippen molar-refractivity contribution in [3.05, 3.63) is 131 Å². The number of allylic oxidation sites excluding steroid dienone is 1. The summed E-state index contributed by atoms with van der Waals surface area (Å²) in [4.78, 5) is 2.22. The Labute approximate surface area is 235 Å². The van der Waals surface area contributed by atoms with Gasteiger partial charge in [-0.05, 0) is 67.1 Å². The Balaban J connectivity index is 1.83. The van der Waals surface area contributed by atoms with Crippen LogP contribution in [0.3, 0.4) is 0 Å². The zero-order chi connectivity index (χ0) is 27.8. The van der Waals surface area contributed by atoms with Gasteiger partial charge in [0.25, 0.3) is 10.0 Å². The second-order valence-electron chi connectivity index (χ2n) is 10.1. The van der Waals surface area contributed by atoms with Gasteiger partial charge in [0.15, 0.2) is 0 Å². The summed E-state index contributed by atoms with van der Waals surface area (Å²) in [6.45, 7) is 6.19. The molecule has 4 aromatic rings. The van der Waals surface area contributed by atoms with E-state index in [0.717, 1.165) is 22.5 Å². The van der Waals surface area contributed by atoms with Gasteiger partial charge in [-0.3, -0.25) is 0 Å². The molecule has 1 aliphatic rings. The molecule has 1 heterocycles. The minimum absolute atomic E-state index is 0.119. The first-order valence-corrected chi connectivity index (χ1v) is 16.1. The number of para-hydroxylation sites is 1. The Morgan fingerprint density at radius 3 is 2.13 bits per heavy atom.